The Morgan fingerprint density at radius 3 is 2.24 bits per heavy atom. The summed E-state index contributed by atoms with van der Waals surface area (Å²) in [6.07, 6.45) is 1.01. The Balaban J connectivity index is 3.19. The lowest BCUT2D eigenvalue weighted by atomic mass is 9.83. The van der Waals surface area contributed by atoms with Crippen molar-refractivity contribution in [1.82, 2.24) is 0 Å². The first-order valence-corrected chi connectivity index (χ1v) is 6.16. The van der Waals surface area contributed by atoms with Gasteiger partial charge in [-0.3, -0.25) is 0 Å². The summed E-state index contributed by atoms with van der Waals surface area (Å²) in [5.41, 5.74) is 11.1. The van der Waals surface area contributed by atoms with E-state index in [4.69, 9.17) is 10.5 Å². The molecule has 0 radical (unpaired) electrons. The molecule has 0 aliphatic rings. The van der Waals surface area contributed by atoms with Crippen LogP contribution in [0.15, 0.2) is 6.07 Å². The number of ether oxygens (including phenoxy) is 1. The smallest absolute Gasteiger partial charge is 0.124 e. The van der Waals surface area contributed by atoms with Gasteiger partial charge in [0.2, 0.25) is 0 Å². The molecule has 96 valence electrons. The van der Waals surface area contributed by atoms with Crippen molar-refractivity contribution >= 4 is 0 Å². The van der Waals surface area contributed by atoms with Crippen LogP contribution >= 0.6 is 0 Å². The molecule has 17 heavy (non-hydrogen) atoms. The van der Waals surface area contributed by atoms with Crippen molar-refractivity contribution in [2.24, 2.45) is 11.1 Å². The van der Waals surface area contributed by atoms with Crippen LogP contribution in [0.1, 0.15) is 36.1 Å². The van der Waals surface area contributed by atoms with Gasteiger partial charge >= 0.3 is 0 Å². The summed E-state index contributed by atoms with van der Waals surface area (Å²) in [6.45, 7) is 11.5. The van der Waals surface area contributed by atoms with Crippen molar-refractivity contribution < 1.29 is 4.74 Å². The minimum absolute atomic E-state index is 0.151. The standard InChI is InChI=1S/C15H25NO/c1-10-7-13(8-15(4,5)9-16)11(2)12(3)14(10)17-6/h7H,8-9,16H2,1-6H3. The quantitative estimate of drug-likeness (QED) is 0.870. The summed E-state index contributed by atoms with van der Waals surface area (Å²) in [4.78, 5) is 0. The van der Waals surface area contributed by atoms with Gasteiger partial charge < -0.3 is 10.5 Å². The van der Waals surface area contributed by atoms with E-state index >= 15 is 0 Å². The second-order valence-electron chi connectivity index (χ2n) is 5.68. The summed E-state index contributed by atoms with van der Waals surface area (Å²) < 4.78 is 5.44. The van der Waals surface area contributed by atoms with Crippen LogP contribution in [0.5, 0.6) is 5.75 Å². The van der Waals surface area contributed by atoms with E-state index in [1.807, 2.05) is 0 Å². The average molecular weight is 235 g/mol. The van der Waals surface area contributed by atoms with Gasteiger partial charge in [-0.15, -0.1) is 0 Å². The highest BCUT2D eigenvalue weighted by Gasteiger charge is 2.19. The predicted molar refractivity (Wildman–Crippen MR) is 73.7 cm³/mol. The highest BCUT2D eigenvalue weighted by Crippen LogP contribution is 2.31. The lowest BCUT2D eigenvalue weighted by Gasteiger charge is -2.25. The normalized spacial score (nSPS) is 11.7. The Morgan fingerprint density at radius 1 is 1.18 bits per heavy atom. The molecular weight excluding hydrogens is 210 g/mol. The van der Waals surface area contributed by atoms with E-state index in [0.29, 0.717) is 6.54 Å². The fourth-order valence-corrected chi connectivity index (χ4v) is 2.23. The first-order chi connectivity index (χ1) is 7.82. The van der Waals surface area contributed by atoms with E-state index in [0.717, 1.165) is 12.2 Å². The Bertz CT molecular complexity index is 408. The van der Waals surface area contributed by atoms with Crippen LogP contribution in [0.4, 0.5) is 0 Å². The molecule has 2 nitrogen and oxygen atoms in total. The minimum atomic E-state index is 0.151. The van der Waals surface area contributed by atoms with Crippen LogP contribution in [0.25, 0.3) is 0 Å². The summed E-state index contributed by atoms with van der Waals surface area (Å²) in [5.74, 6) is 1.01. The molecule has 0 bridgehead atoms. The van der Waals surface area contributed by atoms with Gasteiger partial charge in [0.25, 0.3) is 0 Å². The fraction of sp³-hybridized carbons (Fsp3) is 0.600. The van der Waals surface area contributed by atoms with E-state index in [1.54, 1.807) is 7.11 Å². The van der Waals surface area contributed by atoms with Crippen molar-refractivity contribution in [3.8, 4) is 5.75 Å². The largest absolute Gasteiger partial charge is 0.496 e. The average Bonchev–Trinajstić information content (AvgIpc) is 2.26. The maximum atomic E-state index is 5.81. The van der Waals surface area contributed by atoms with Gasteiger partial charge in [-0.1, -0.05) is 19.9 Å². The van der Waals surface area contributed by atoms with Gasteiger partial charge in [0, 0.05) is 0 Å². The summed E-state index contributed by atoms with van der Waals surface area (Å²) >= 11 is 0. The van der Waals surface area contributed by atoms with Crippen molar-refractivity contribution in [3.63, 3.8) is 0 Å². The van der Waals surface area contributed by atoms with Crippen LogP contribution in [0, 0.1) is 26.2 Å². The van der Waals surface area contributed by atoms with Gasteiger partial charge in [0.05, 0.1) is 7.11 Å². The zero-order chi connectivity index (χ0) is 13.2. The molecule has 0 unspecified atom stereocenters. The van der Waals surface area contributed by atoms with E-state index in [9.17, 15) is 0 Å². The monoisotopic (exact) mass is 235 g/mol. The van der Waals surface area contributed by atoms with Crippen molar-refractivity contribution in [1.29, 1.82) is 0 Å². The first-order valence-electron chi connectivity index (χ1n) is 6.16. The summed E-state index contributed by atoms with van der Waals surface area (Å²) in [7, 11) is 1.73. The second kappa shape index (κ2) is 5.09. The molecule has 0 fully saturated rings. The molecule has 1 rings (SSSR count). The lowest BCUT2D eigenvalue weighted by Crippen LogP contribution is -2.26. The number of nitrogens with two attached hydrogens (primary N) is 1. The molecule has 0 saturated carbocycles. The summed E-state index contributed by atoms with van der Waals surface area (Å²) in [5, 5.41) is 0. The maximum Gasteiger partial charge on any atom is 0.124 e. The van der Waals surface area contributed by atoms with Crippen LogP contribution in [0.2, 0.25) is 0 Å². The lowest BCUT2D eigenvalue weighted by molar-refractivity contribution is 0.374. The van der Waals surface area contributed by atoms with Gasteiger partial charge in [0.15, 0.2) is 0 Å². The highest BCUT2D eigenvalue weighted by molar-refractivity contribution is 5.49. The Kier molecular flexibility index (Phi) is 4.21. The van der Waals surface area contributed by atoms with Gasteiger partial charge in [-0.2, -0.15) is 0 Å². The van der Waals surface area contributed by atoms with Crippen LogP contribution in [-0.4, -0.2) is 13.7 Å². The van der Waals surface area contributed by atoms with Crippen LogP contribution in [0.3, 0.4) is 0 Å². The van der Waals surface area contributed by atoms with E-state index in [2.05, 4.69) is 40.7 Å². The zero-order valence-electron chi connectivity index (χ0n) is 12.0. The molecule has 0 heterocycles. The van der Waals surface area contributed by atoms with E-state index < -0.39 is 0 Å². The Morgan fingerprint density at radius 2 is 1.76 bits per heavy atom. The molecule has 0 aliphatic heterocycles. The molecular formula is C15H25NO. The van der Waals surface area contributed by atoms with E-state index in [1.165, 1.54) is 22.3 Å². The van der Waals surface area contributed by atoms with Gasteiger partial charge in [0.1, 0.15) is 5.75 Å². The molecule has 1 aromatic rings. The van der Waals surface area contributed by atoms with Gasteiger partial charge in [-0.25, -0.2) is 0 Å². The maximum absolute atomic E-state index is 5.81. The molecule has 0 spiro atoms. The molecule has 2 N–H and O–H groups in total. The second-order valence-corrected chi connectivity index (χ2v) is 5.68. The van der Waals surface area contributed by atoms with Crippen molar-refractivity contribution in [3.05, 3.63) is 28.3 Å². The number of rotatable bonds is 4. The number of aryl methyl sites for hydroxylation is 1. The molecule has 0 aromatic heterocycles. The fourth-order valence-electron chi connectivity index (χ4n) is 2.23. The zero-order valence-corrected chi connectivity index (χ0v) is 12.0. The van der Waals surface area contributed by atoms with E-state index in [-0.39, 0.29) is 5.41 Å². The van der Waals surface area contributed by atoms with Crippen molar-refractivity contribution in [2.75, 3.05) is 13.7 Å². The third kappa shape index (κ3) is 3.01. The number of benzene rings is 1. The molecule has 1 aromatic carbocycles. The highest BCUT2D eigenvalue weighted by atomic mass is 16.5. The summed E-state index contributed by atoms with van der Waals surface area (Å²) in [6, 6.07) is 2.23. The molecule has 0 atom stereocenters. The van der Waals surface area contributed by atoms with Crippen LogP contribution < -0.4 is 10.5 Å². The number of hydrogen-bond acceptors (Lipinski definition) is 2. The third-order valence-corrected chi connectivity index (χ3v) is 3.56. The first kappa shape index (κ1) is 14.0. The molecule has 0 saturated heterocycles. The Hall–Kier alpha value is -1.02. The topological polar surface area (TPSA) is 35.2 Å². The Labute approximate surface area is 105 Å². The molecule has 0 aliphatic carbocycles. The third-order valence-electron chi connectivity index (χ3n) is 3.56. The van der Waals surface area contributed by atoms with Crippen LogP contribution in [-0.2, 0) is 6.42 Å². The molecule has 2 heteroatoms. The number of hydrogen-bond donors (Lipinski definition) is 1. The number of methoxy groups -OCH3 is 1. The minimum Gasteiger partial charge on any atom is -0.496 e. The van der Waals surface area contributed by atoms with Crippen molar-refractivity contribution in [2.45, 2.75) is 41.0 Å². The molecule has 0 amide bonds. The van der Waals surface area contributed by atoms with Gasteiger partial charge in [-0.05, 0) is 61.4 Å². The predicted octanol–water partition coefficient (Wildman–Crippen LogP) is 3.15. The SMILES string of the molecule is COc1c(C)cc(CC(C)(C)CN)c(C)c1C.